The first kappa shape index (κ1) is 12.8. The molecule has 0 saturated carbocycles. The highest BCUT2D eigenvalue weighted by Crippen LogP contribution is 2.24. The van der Waals surface area contributed by atoms with Gasteiger partial charge in [0.15, 0.2) is 9.84 Å². The van der Waals surface area contributed by atoms with E-state index in [1.54, 1.807) is 12.1 Å². The van der Waals surface area contributed by atoms with Crippen LogP contribution in [-0.4, -0.2) is 24.5 Å². The highest BCUT2D eigenvalue weighted by Gasteiger charge is 2.10. The molecule has 0 unspecified atom stereocenters. The molecular formula is C13H16N2O2S. The fourth-order valence-electron chi connectivity index (χ4n) is 1.93. The van der Waals surface area contributed by atoms with Gasteiger partial charge in [-0.3, -0.25) is 4.68 Å². The van der Waals surface area contributed by atoms with Crippen molar-refractivity contribution in [2.24, 2.45) is 0 Å². The average Bonchev–Trinajstić information content (AvgIpc) is 2.69. The Balaban J connectivity index is 2.43. The second-order valence-corrected chi connectivity index (χ2v) is 6.27. The highest BCUT2D eigenvalue weighted by atomic mass is 32.2. The summed E-state index contributed by atoms with van der Waals surface area (Å²) in [5.74, 6) is 0. The monoisotopic (exact) mass is 264 g/mol. The Morgan fingerprint density at radius 3 is 2.28 bits per heavy atom. The maximum atomic E-state index is 11.4. The van der Waals surface area contributed by atoms with E-state index in [1.807, 2.05) is 36.9 Å². The molecule has 5 heteroatoms. The van der Waals surface area contributed by atoms with Crippen molar-refractivity contribution in [1.82, 2.24) is 9.78 Å². The summed E-state index contributed by atoms with van der Waals surface area (Å²) >= 11 is 0. The zero-order valence-corrected chi connectivity index (χ0v) is 11.5. The van der Waals surface area contributed by atoms with Gasteiger partial charge in [-0.15, -0.1) is 0 Å². The van der Waals surface area contributed by atoms with Crippen molar-refractivity contribution in [2.75, 3.05) is 6.26 Å². The quantitative estimate of drug-likeness (QED) is 0.854. The molecule has 0 aliphatic heterocycles. The summed E-state index contributed by atoms with van der Waals surface area (Å²) in [4.78, 5) is 0.340. The molecule has 0 aliphatic carbocycles. The molecule has 0 amide bonds. The first-order chi connectivity index (χ1) is 8.43. The fourth-order valence-corrected chi connectivity index (χ4v) is 2.56. The maximum Gasteiger partial charge on any atom is 0.175 e. The smallest absolute Gasteiger partial charge is 0.175 e. The van der Waals surface area contributed by atoms with Crippen LogP contribution in [-0.2, 0) is 16.4 Å². The number of sulfone groups is 1. The normalized spacial score (nSPS) is 11.7. The molecule has 0 saturated heterocycles. The lowest BCUT2D eigenvalue weighted by atomic mass is 10.1. The van der Waals surface area contributed by atoms with Gasteiger partial charge in [-0.2, -0.15) is 5.10 Å². The van der Waals surface area contributed by atoms with Gasteiger partial charge in [0.1, 0.15) is 0 Å². The van der Waals surface area contributed by atoms with E-state index in [2.05, 4.69) is 5.10 Å². The Bertz CT molecular complexity index is 655. The van der Waals surface area contributed by atoms with Crippen molar-refractivity contribution in [1.29, 1.82) is 0 Å². The second kappa shape index (κ2) is 4.57. The predicted molar refractivity (Wildman–Crippen MR) is 71.2 cm³/mol. The maximum absolute atomic E-state index is 11.4. The number of hydrogen-bond acceptors (Lipinski definition) is 3. The highest BCUT2D eigenvalue weighted by molar-refractivity contribution is 7.90. The third-order valence-corrected chi connectivity index (χ3v) is 4.12. The summed E-state index contributed by atoms with van der Waals surface area (Å²) in [5.41, 5.74) is 3.11. The number of nitrogens with zero attached hydrogens (tertiary/aromatic N) is 2. The summed E-state index contributed by atoms with van der Waals surface area (Å²) in [5, 5.41) is 4.28. The van der Waals surface area contributed by atoms with Gasteiger partial charge in [0.05, 0.1) is 11.1 Å². The Morgan fingerprint density at radius 1 is 1.22 bits per heavy atom. The molecule has 1 aromatic carbocycles. The zero-order valence-electron chi connectivity index (χ0n) is 10.7. The van der Waals surface area contributed by atoms with Crippen molar-refractivity contribution in [3.63, 3.8) is 0 Å². The molecule has 18 heavy (non-hydrogen) atoms. The minimum Gasteiger partial charge on any atom is -0.270 e. The third kappa shape index (κ3) is 2.31. The van der Waals surface area contributed by atoms with Crippen LogP contribution in [0.25, 0.3) is 11.1 Å². The van der Waals surface area contributed by atoms with Crippen LogP contribution in [0.3, 0.4) is 0 Å². The molecule has 2 aromatic rings. The van der Waals surface area contributed by atoms with Crippen molar-refractivity contribution in [2.45, 2.75) is 25.3 Å². The van der Waals surface area contributed by atoms with E-state index in [0.29, 0.717) is 4.90 Å². The molecule has 4 nitrogen and oxygen atoms in total. The van der Waals surface area contributed by atoms with Gasteiger partial charge >= 0.3 is 0 Å². The number of benzene rings is 1. The fraction of sp³-hybridized carbons (Fsp3) is 0.308. The van der Waals surface area contributed by atoms with Crippen molar-refractivity contribution in [3.8, 4) is 11.1 Å². The standard InChI is InChI=1S/C13H16N2O2S/c1-4-15-10(2)13(9-14-15)11-5-7-12(8-6-11)18(3,16)17/h5-9H,4H2,1-3H3. The van der Waals surface area contributed by atoms with E-state index in [9.17, 15) is 8.42 Å². The zero-order chi connectivity index (χ0) is 13.3. The number of hydrogen-bond donors (Lipinski definition) is 0. The van der Waals surface area contributed by atoms with E-state index in [0.717, 1.165) is 23.4 Å². The Morgan fingerprint density at radius 2 is 1.83 bits per heavy atom. The Kier molecular flexibility index (Phi) is 3.26. The van der Waals surface area contributed by atoms with Crippen LogP contribution < -0.4 is 0 Å². The molecular weight excluding hydrogens is 248 g/mol. The second-order valence-electron chi connectivity index (χ2n) is 4.26. The van der Waals surface area contributed by atoms with Crippen LogP contribution in [0.2, 0.25) is 0 Å². The van der Waals surface area contributed by atoms with Gasteiger partial charge in [-0.1, -0.05) is 12.1 Å². The van der Waals surface area contributed by atoms with Crippen LogP contribution in [0.15, 0.2) is 35.4 Å². The molecule has 2 rings (SSSR count). The van der Waals surface area contributed by atoms with E-state index < -0.39 is 9.84 Å². The summed E-state index contributed by atoms with van der Waals surface area (Å²) in [6.45, 7) is 4.88. The molecule has 0 bridgehead atoms. The molecule has 1 heterocycles. The minimum absolute atomic E-state index is 0.340. The molecule has 0 atom stereocenters. The molecule has 96 valence electrons. The largest absolute Gasteiger partial charge is 0.270 e. The molecule has 0 spiro atoms. The number of aryl methyl sites for hydroxylation is 1. The average molecular weight is 264 g/mol. The molecule has 0 fully saturated rings. The molecule has 0 radical (unpaired) electrons. The first-order valence-electron chi connectivity index (χ1n) is 5.76. The molecule has 0 aliphatic rings. The summed E-state index contributed by atoms with van der Waals surface area (Å²) < 4.78 is 24.7. The van der Waals surface area contributed by atoms with Crippen LogP contribution in [0.5, 0.6) is 0 Å². The van der Waals surface area contributed by atoms with Crippen molar-refractivity contribution in [3.05, 3.63) is 36.2 Å². The molecule has 0 N–H and O–H groups in total. The van der Waals surface area contributed by atoms with E-state index >= 15 is 0 Å². The van der Waals surface area contributed by atoms with Gasteiger partial charge in [0.2, 0.25) is 0 Å². The van der Waals surface area contributed by atoms with Crippen LogP contribution in [0.1, 0.15) is 12.6 Å². The van der Waals surface area contributed by atoms with Crippen molar-refractivity contribution >= 4 is 9.84 Å². The van der Waals surface area contributed by atoms with Gasteiger partial charge in [-0.25, -0.2) is 8.42 Å². The third-order valence-electron chi connectivity index (χ3n) is 3.00. The molecule has 1 aromatic heterocycles. The van der Waals surface area contributed by atoms with Crippen LogP contribution in [0, 0.1) is 6.92 Å². The van der Waals surface area contributed by atoms with Gasteiger partial charge < -0.3 is 0 Å². The topological polar surface area (TPSA) is 52.0 Å². The summed E-state index contributed by atoms with van der Waals surface area (Å²) in [6.07, 6.45) is 3.02. The summed E-state index contributed by atoms with van der Waals surface area (Å²) in [6, 6.07) is 6.90. The first-order valence-corrected chi connectivity index (χ1v) is 7.65. The van der Waals surface area contributed by atoms with E-state index in [-0.39, 0.29) is 0 Å². The SMILES string of the molecule is CCn1ncc(-c2ccc(S(C)(=O)=O)cc2)c1C. The predicted octanol–water partition coefficient (Wildman–Crippen LogP) is 2.28. The van der Waals surface area contributed by atoms with E-state index in [1.165, 1.54) is 6.26 Å². The van der Waals surface area contributed by atoms with Crippen LogP contribution in [0.4, 0.5) is 0 Å². The summed E-state index contributed by atoms with van der Waals surface area (Å²) in [7, 11) is -3.13. The number of aromatic nitrogens is 2. The van der Waals surface area contributed by atoms with Gasteiger partial charge in [0, 0.05) is 24.1 Å². The van der Waals surface area contributed by atoms with E-state index in [4.69, 9.17) is 0 Å². The van der Waals surface area contributed by atoms with Crippen LogP contribution >= 0.6 is 0 Å². The van der Waals surface area contributed by atoms with Gasteiger partial charge in [0.25, 0.3) is 0 Å². The minimum atomic E-state index is -3.13. The van der Waals surface area contributed by atoms with Gasteiger partial charge in [-0.05, 0) is 31.5 Å². The van der Waals surface area contributed by atoms with Crippen molar-refractivity contribution < 1.29 is 8.42 Å². The lowest BCUT2D eigenvalue weighted by molar-refractivity contribution is 0.602. The Labute approximate surface area is 107 Å². The lowest BCUT2D eigenvalue weighted by Gasteiger charge is -2.04. The number of rotatable bonds is 3. The Hall–Kier alpha value is -1.62. The lowest BCUT2D eigenvalue weighted by Crippen LogP contribution is -1.98.